The minimum Gasteiger partial charge on any atom is -0.480 e. The minimum absolute atomic E-state index is 0.0490. The fourth-order valence-electron chi connectivity index (χ4n) is 2.05. The number of aliphatic carboxylic acids is 1. The lowest BCUT2D eigenvalue weighted by atomic mass is 9.84. The summed E-state index contributed by atoms with van der Waals surface area (Å²) in [6, 6.07) is 0. The molecule has 1 amide bonds. The largest absolute Gasteiger partial charge is 0.480 e. The molecule has 0 radical (unpaired) electrons. The predicted molar refractivity (Wildman–Crippen MR) is 70.9 cm³/mol. The first-order valence-electron chi connectivity index (χ1n) is 6.08. The van der Waals surface area contributed by atoms with Crippen LogP contribution in [0.4, 0.5) is 0 Å². The number of terminal acetylenes is 1. The van der Waals surface area contributed by atoms with Gasteiger partial charge in [-0.15, -0.1) is 6.42 Å². The fraction of sp³-hybridized carbons (Fsp3) is 0.714. The summed E-state index contributed by atoms with van der Waals surface area (Å²) in [7, 11) is 0. The van der Waals surface area contributed by atoms with E-state index >= 15 is 0 Å². The predicted octanol–water partition coefficient (Wildman–Crippen LogP) is 2.00. The Hall–Kier alpha value is -1.50. The Morgan fingerprint density at radius 2 is 1.94 bits per heavy atom. The Morgan fingerprint density at radius 3 is 2.33 bits per heavy atom. The molecule has 0 aromatic heterocycles. The molecule has 1 N–H and O–H groups in total. The van der Waals surface area contributed by atoms with Crippen LogP contribution in [0.5, 0.6) is 0 Å². The molecule has 0 aromatic rings. The lowest BCUT2D eigenvalue weighted by Crippen LogP contribution is -2.37. The van der Waals surface area contributed by atoms with Gasteiger partial charge in [0.15, 0.2) is 0 Å². The van der Waals surface area contributed by atoms with Gasteiger partial charge in [-0.1, -0.05) is 33.6 Å². The molecule has 0 aromatic carbocycles. The van der Waals surface area contributed by atoms with Crippen molar-refractivity contribution in [2.75, 3.05) is 13.1 Å². The van der Waals surface area contributed by atoms with Crippen molar-refractivity contribution >= 4 is 11.9 Å². The van der Waals surface area contributed by atoms with Crippen molar-refractivity contribution in [2.45, 2.75) is 40.5 Å². The number of amides is 1. The Morgan fingerprint density at radius 1 is 1.39 bits per heavy atom. The maximum atomic E-state index is 11.9. The number of carboxylic acids is 1. The molecular formula is C14H23NO3. The van der Waals surface area contributed by atoms with Gasteiger partial charge in [0.1, 0.15) is 6.54 Å². The lowest BCUT2D eigenvalue weighted by molar-refractivity contribution is -0.144. The van der Waals surface area contributed by atoms with E-state index in [2.05, 4.69) is 26.7 Å². The molecule has 1 atom stereocenters. The monoisotopic (exact) mass is 253 g/mol. The van der Waals surface area contributed by atoms with Crippen LogP contribution in [0.25, 0.3) is 0 Å². The number of nitrogens with zero attached hydrogens (tertiary/aromatic N) is 1. The molecule has 0 aliphatic rings. The van der Waals surface area contributed by atoms with Crippen LogP contribution in [-0.2, 0) is 9.59 Å². The lowest BCUT2D eigenvalue weighted by Gasteiger charge is -2.25. The Balaban J connectivity index is 4.42. The van der Waals surface area contributed by atoms with Crippen LogP contribution in [0, 0.1) is 23.7 Å². The van der Waals surface area contributed by atoms with Crippen molar-refractivity contribution in [1.82, 2.24) is 4.90 Å². The highest BCUT2D eigenvalue weighted by atomic mass is 16.4. The summed E-state index contributed by atoms with van der Waals surface area (Å²) in [5, 5.41) is 8.72. The standard InChI is InChI=1S/C14H23NO3/c1-6-7-15(10-13(17)18)12(16)8-11(2)9-14(3,4)5/h1,11H,7-10H2,2-5H3,(H,17,18). The average Bonchev–Trinajstić information content (AvgIpc) is 2.12. The summed E-state index contributed by atoms with van der Waals surface area (Å²) in [6.07, 6.45) is 6.39. The van der Waals surface area contributed by atoms with Crippen LogP contribution in [0.2, 0.25) is 0 Å². The zero-order valence-corrected chi connectivity index (χ0v) is 11.7. The third-order valence-electron chi connectivity index (χ3n) is 2.44. The van der Waals surface area contributed by atoms with Gasteiger partial charge in [0.2, 0.25) is 5.91 Å². The van der Waals surface area contributed by atoms with Crippen molar-refractivity contribution in [3.8, 4) is 12.3 Å². The van der Waals surface area contributed by atoms with Gasteiger partial charge in [0.05, 0.1) is 6.54 Å². The minimum atomic E-state index is -1.04. The first kappa shape index (κ1) is 16.5. The van der Waals surface area contributed by atoms with Gasteiger partial charge in [-0.2, -0.15) is 0 Å². The molecule has 4 nitrogen and oxygen atoms in total. The van der Waals surface area contributed by atoms with E-state index < -0.39 is 5.97 Å². The van der Waals surface area contributed by atoms with Gasteiger partial charge >= 0.3 is 5.97 Å². The fourth-order valence-corrected chi connectivity index (χ4v) is 2.05. The van der Waals surface area contributed by atoms with E-state index in [1.54, 1.807) is 0 Å². The molecule has 0 aliphatic carbocycles. The first-order valence-corrected chi connectivity index (χ1v) is 6.08. The zero-order valence-electron chi connectivity index (χ0n) is 11.7. The van der Waals surface area contributed by atoms with Crippen LogP contribution in [0.15, 0.2) is 0 Å². The smallest absolute Gasteiger partial charge is 0.323 e. The Labute approximate surface area is 109 Å². The summed E-state index contributed by atoms with van der Waals surface area (Å²) in [5.41, 5.74) is 0.156. The molecule has 0 heterocycles. The van der Waals surface area contributed by atoms with Gasteiger partial charge in [0, 0.05) is 6.42 Å². The number of hydrogen-bond donors (Lipinski definition) is 1. The molecule has 0 bridgehead atoms. The second-order valence-electron chi connectivity index (χ2n) is 5.92. The maximum absolute atomic E-state index is 11.9. The molecule has 1 unspecified atom stereocenters. The Kier molecular flexibility index (Phi) is 6.46. The SMILES string of the molecule is C#CCN(CC(=O)O)C(=O)CC(C)CC(C)(C)C. The third-order valence-corrected chi connectivity index (χ3v) is 2.44. The number of carbonyl (C=O) groups is 2. The van der Waals surface area contributed by atoms with E-state index in [4.69, 9.17) is 11.5 Å². The number of carboxylic acid groups (broad SMARTS) is 1. The van der Waals surface area contributed by atoms with Crippen LogP contribution in [0.3, 0.4) is 0 Å². The van der Waals surface area contributed by atoms with Crippen LogP contribution < -0.4 is 0 Å². The van der Waals surface area contributed by atoms with E-state index in [0.29, 0.717) is 6.42 Å². The highest BCUT2D eigenvalue weighted by molar-refractivity contribution is 5.81. The van der Waals surface area contributed by atoms with Crippen molar-refractivity contribution in [3.05, 3.63) is 0 Å². The van der Waals surface area contributed by atoms with E-state index in [1.165, 1.54) is 4.90 Å². The summed E-state index contributed by atoms with van der Waals surface area (Å²) >= 11 is 0. The number of hydrogen-bond acceptors (Lipinski definition) is 2. The molecule has 0 saturated heterocycles. The van der Waals surface area contributed by atoms with E-state index in [9.17, 15) is 9.59 Å². The van der Waals surface area contributed by atoms with Gasteiger partial charge in [-0.3, -0.25) is 9.59 Å². The average molecular weight is 253 g/mol. The molecule has 0 fully saturated rings. The maximum Gasteiger partial charge on any atom is 0.323 e. The van der Waals surface area contributed by atoms with Gasteiger partial charge in [-0.05, 0) is 17.8 Å². The molecule has 0 spiro atoms. The van der Waals surface area contributed by atoms with Gasteiger partial charge in [0.25, 0.3) is 0 Å². The van der Waals surface area contributed by atoms with Crippen molar-refractivity contribution in [3.63, 3.8) is 0 Å². The van der Waals surface area contributed by atoms with Crippen molar-refractivity contribution < 1.29 is 14.7 Å². The van der Waals surface area contributed by atoms with Crippen molar-refractivity contribution in [2.24, 2.45) is 11.3 Å². The molecule has 0 rings (SSSR count). The van der Waals surface area contributed by atoms with Crippen molar-refractivity contribution in [1.29, 1.82) is 0 Å². The second-order valence-corrected chi connectivity index (χ2v) is 5.92. The summed E-state index contributed by atoms with van der Waals surface area (Å²) in [5.74, 6) is 1.30. The first-order chi connectivity index (χ1) is 8.15. The number of rotatable bonds is 6. The van der Waals surface area contributed by atoms with Gasteiger partial charge < -0.3 is 10.0 Å². The molecule has 0 aliphatic heterocycles. The highest BCUT2D eigenvalue weighted by Crippen LogP contribution is 2.26. The Bertz CT molecular complexity index is 336. The van der Waals surface area contributed by atoms with Crippen LogP contribution in [-0.4, -0.2) is 35.0 Å². The molecule has 18 heavy (non-hydrogen) atoms. The second kappa shape index (κ2) is 7.05. The van der Waals surface area contributed by atoms with Gasteiger partial charge in [-0.25, -0.2) is 0 Å². The van der Waals surface area contributed by atoms with Crippen LogP contribution >= 0.6 is 0 Å². The third kappa shape index (κ3) is 7.72. The topological polar surface area (TPSA) is 57.6 Å². The van der Waals surface area contributed by atoms with E-state index in [1.807, 2.05) is 6.92 Å². The summed E-state index contributed by atoms with van der Waals surface area (Å²) in [4.78, 5) is 23.8. The highest BCUT2D eigenvalue weighted by Gasteiger charge is 2.21. The molecule has 4 heteroatoms. The van der Waals surface area contributed by atoms with E-state index in [0.717, 1.165) is 6.42 Å². The normalized spacial score (nSPS) is 12.6. The molecular weight excluding hydrogens is 230 g/mol. The van der Waals surface area contributed by atoms with Crippen LogP contribution in [0.1, 0.15) is 40.5 Å². The summed E-state index contributed by atoms with van der Waals surface area (Å²) in [6.45, 7) is 8.07. The quantitative estimate of drug-likeness (QED) is 0.736. The molecule has 102 valence electrons. The summed E-state index contributed by atoms with van der Waals surface area (Å²) < 4.78 is 0. The number of carbonyl (C=O) groups excluding carboxylic acids is 1. The zero-order chi connectivity index (χ0) is 14.3. The van der Waals surface area contributed by atoms with E-state index in [-0.39, 0.29) is 30.3 Å². The molecule has 0 saturated carbocycles.